The predicted octanol–water partition coefficient (Wildman–Crippen LogP) is 6.16. The number of benzene rings is 2. The van der Waals surface area contributed by atoms with E-state index >= 15 is 0 Å². The first-order valence-corrected chi connectivity index (χ1v) is 9.31. The Balaban J connectivity index is 1.78. The van der Waals surface area contributed by atoms with Crippen molar-refractivity contribution in [2.75, 3.05) is 0 Å². The van der Waals surface area contributed by atoms with Gasteiger partial charge in [-0.15, -0.1) is 0 Å². The van der Waals surface area contributed by atoms with Crippen LogP contribution in [0.1, 0.15) is 34.1 Å². The summed E-state index contributed by atoms with van der Waals surface area (Å²) in [4.78, 5) is 11.5. The molecule has 4 heteroatoms. The largest absolute Gasteiger partial charge is 0.488 e. The van der Waals surface area contributed by atoms with Crippen molar-refractivity contribution in [2.24, 2.45) is 0 Å². The van der Waals surface area contributed by atoms with Gasteiger partial charge in [-0.2, -0.15) is 0 Å². The predicted molar refractivity (Wildman–Crippen MR) is 111 cm³/mol. The van der Waals surface area contributed by atoms with E-state index in [0.29, 0.717) is 12.2 Å². The highest BCUT2D eigenvalue weighted by molar-refractivity contribution is 5.84. The van der Waals surface area contributed by atoms with Crippen molar-refractivity contribution in [1.29, 1.82) is 0 Å². The molecule has 0 fully saturated rings. The van der Waals surface area contributed by atoms with Gasteiger partial charge in [0.25, 0.3) is 0 Å². The van der Waals surface area contributed by atoms with Crippen molar-refractivity contribution in [3.63, 3.8) is 0 Å². The van der Waals surface area contributed by atoms with E-state index in [-0.39, 0.29) is 0 Å². The number of hydrogen-bond donors (Lipinski definition) is 0. The number of furan rings is 1. The van der Waals surface area contributed by atoms with Crippen LogP contribution in [0.25, 0.3) is 22.3 Å². The van der Waals surface area contributed by atoms with Crippen molar-refractivity contribution in [3.8, 4) is 17.1 Å². The second kappa shape index (κ2) is 7.55. The highest BCUT2D eigenvalue weighted by Gasteiger charge is 2.33. The lowest BCUT2D eigenvalue weighted by Gasteiger charge is -2.34. The third-order valence-electron chi connectivity index (χ3n) is 4.34. The third kappa shape index (κ3) is 4.83. The van der Waals surface area contributed by atoms with E-state index in [1.165, 1.54) is 6.08 Å². The Bertz CT molecular complexity index is 980. The SMILES string of the molecule is C=CC(=O)OC(C)(C)CC(C)(C)Oc1ccc2cc(-c3ccccc3)oc2c1. The lowest BCUT2D eigenvalue weighted by molar-refractivity contribution is -0.154. The first-order chi connectivity index (χ1) is 13.2. The molecule has 0 saturated carbocycles. The van der Waals surface area contributed by atoms with E-state index < -0.39 is 17.2 Å². The molecule has 0 aliphatic heterocycles. The first-order valence-electron chi connectivity index (χ1n) is 9.31. The van der Waals surface area contributed by atoms with Crippen LogP contribution in [0.15, 0.2) is 71.7 Å². The molecule has 1 aromatic heterocycles. The molecule has 28 heavy (non-hydrogen) atoms. The molecule has 0 radical (unpaired) electrons. The zero-order chi connectivity index (χ0) is 20.4. The fraction of sp³-hybridized carbons (Fsp3) is 0.292. The van der Waals surface area contributed by atoms with Crippen LogP contribution >= 0.6 is 0 Å². The Morgan fingerprint density at radius 3 is 2.43 bits per heavy atom. The number of carbonyl (C=O) groups excluding carboxylic acids is 1. The van der Waals surface area contributed by atoms with E-state index in [9.17, 15) is 4.79 Å². The Hall–Kier alpha value is -3.01. The molecular formula is C24H26O4. The van der Waals surface area contributed by atoms with E-state index in [4.69, 9.17) is 13.9 Å². The van der Waals surface area contributed by atoms with Gasteiger partial charge in [0.15, 0.2) is 0 Å². The molecule has 0 atom stereocenters. The Morgan fingerprint density at radius 2 is 1.75 bits per heavy atom. The van der Waals surface area contributed by atoms with Gasteiger partial charge in [-0.3, -0.25) is 0 Å². The number of ether oxygens (including phenoxy) is 2. The third-order valence-corrected chi connectivity index (χ3v) is 4.34. The highest BCUT2D eigenvalue weighted by Crippen LogP contribution is 2.33. The molecule has 146 valence electrons. The smallest absolute Gasteiger partial charge is 0.330 e. The molecule has 0 amide bonds. The van der Waals surface area contributed by atoms with Gasteiger partial charge in [-0.25, -0.2) is 4.79 Å². The molecule has 0 aliphatic rings. The van der Waals surface area contributed by atoms with Crippen LogP contribution < -0.4 is 4.74 Å². The Labute approximate surface area is 165 Å². The van der Waals surface area contributed by atoms with Crippen LogP contribution in [0.2, 0.25) is 0 Å². The molecule has 1 heterocycles. The average Bonchev–Trinajstić information content (AvgIpc) is 3.03. The van der Waals surface area contributed by atoms with Gasteiger partial charge in [-0.05, 0) is 45.9 Å². The maximum atomic E-state index is 11.5. The van der Waals surface area contributed by atoms with E-state index in [1.54, 1.807) is 0 Å². The van der Waals surface area contributed by atoms with Crippen LogP contribution in [0.3, 0.4) is 0 Å². The van der Waals surface area contributed by atoms with Gasteiger partial charge in [0.05, 0.1) is 0 Å². The second-order valence-corrected chi connectivity index (χ2v) is 8.10. The fourth-order valence-electron chi connectivity index (χ4n) is 3.55. The van der Waals surface area contributed by atoms with E-state index in [0.717, 1.165) is 22.3 Å². The zero-order valence-corrected chi connectivity index (χ0v) is 16.8. The number of esters is 1. The van der Waals surface area contributed by atoms with Crippen molar-refractivity contribution in [3.05, 3.63) is 67.3 Å². The number of hydrogen-bond acceptors (Lipinski definition) is 4. The van der Waals surface area contributed by atoms with Crippen LogP contribution in [0, 0.1) is 0 Å². The molecule has 2 aromatic carbocycles. The number of carbonyl (C=O) groups is 1. The number of fused-ring (bicyclic) bond motifs is 1. The summed E-state index contributed by atoms with van der Waals surface area (Å²) in [7, 11) is 0. The normalized spacial score (nSPS) is 12.0. The van der Waals surface area contributed by atoms with Gasteiger partial charge in [-0.1, -0.05) is 36.9 Å². The van der Waals surface area contributed by atoms with Gasteiger partial charge < -0.3 is 13.9 Å². The van der Waals surface area contributed by atoms with E-state index in [2.05, 4.69) is 6.58 Å². The van der Waals surface area contributed by atoms with Gasteiger partial charge in [0.1, 0.15) is 28.3 Å². The lowest BCUT2D eigenvalue weighted by atomic mass is 9.92. The van der Waals surface area contributed by atoms with Gasteiger partial charge in [0.2, 0.25) is 0 Å². The first kappa shape index (κ1) is 19.7. The summed E-state index contributed by atoms with van der Waals surface area (Å²) < 4.78 is 17.6. The summed E-state index contributed by atoms with van der Waals surface area (Å²) in [6, 6.07) is 17.8. The fourth-order valence-corrected chi connectivity index (χ4v) is 3.55. The van der Waals surface area contributed by atoms with E-state index in [1.807, 2.05) is 82.3 Å². The Morgan fingerprint density at radius 1 is 1.04 bits per heavy atom. The molecule has 0 bridgehead atoms. The topological polar surface area (TPSA) is 48.7 Å². The van der Waals surface area contributed by atoms with Gasteiger partial charge >= 0.3 is 5.97 Å². The maximum Gasteiger partial charge on any atom is 0.330 e. The lowest BCUT2D eigenvalue weighted by Crippen LogP contribution is -2.40. The van der Waals surface area contributed by atoms with Crippen LogP contribution in [0.5, 0.6) is 5.75 Å². The molecule has 0 spiro atoms. The zero-order valence-electron chi connectivity index (χ0n) is 16.8. The maximum absolute atomic E-state index is 11.5. The summed E-state index contributed by atoms with van der Waals surface area (Å²) in [6.07, 6.45) is 1.69. The van der Waals surface area contributed by atoms with Crippen LogP contribution in [-0.2, 0) is 9.53 Å². The summed E-state index contributed by atoms with van der Waals surface area (Å²) >= 11 is 0. The van der Waals surface area contributed by atoms with Crippen LogP contribution in [0.4, 0.5) is 0 Å². The monoisotopic (exact) mass is 378 g/mol. The average molecular weight is 378 g/mol. The molecule has 0 N–H and O–H groups in total. The van der Waals surface area contributed by atoms with Crippen LogP contribution in [-0.4, -0.2) is 17.2 Å². The molecular weight excluding hydrogens is 352 g/mol. The highest BCUT2D eigenvalue weighted by atomic mass is 16.6. The minimum Gasteiger partial charge on any atom is -0.488 e. The minimum atomic E-state index is -0.677. The van der Waals surface area contributed by atoms with Crippen molar-refractivity contribution in [2.45, 2.75) is 45.3 Å². The summed E-state index contributed by atoms with van der Waals surface area (Å²) in [5.41, 5.74) is 0.578. The molecule has 3 aromatic rings. The summed E-state index contributed by atoms with van der Waals surface area (Å²) in [5.74, 6) is 1.09. The standard InChI is InChI=1S/C24H26O4/c1-6-22(25)28-24(4,5)16-23(2,3)27-19-13-12-18-14-20(26-21(18)15-19)17-10-8-7-9-11-17/h6-15H,1,16H2,2-5H3. The quantitative estimate of drug-likeness (QED) is 0.365. The molecule has 4 nitrogen and oxygen atoms in total. The van der Waals surface area contributed by atoms with Crippen molar-refractivity contribution < 1.29 is 18.7 Å². The van der Waals surface area contributed by atoms with Crippen molar-refractivity contribution >= 4 is 16.9 Å². The summed E-state index contributed by atoms with van der Waals surface area (Å²) in [5, 5.41) is 1.02. The summed E-state index contributed by atoms with van der Waals surface area (Å²) in [6.45, 7) is 11.1. The number of rotatable bonds is 7. The van der Waals surface area contributed by atoms with Crippen molar-refractivity contribution in [1.82, 2.24) is 0 Å². The second-order valence-electron chi connectivity index (χ2n) is 8.10. The molecule has 3 rings (SSSR count). The Kier molecular flexibility index (Phi) is 5.32. The minimum absolute atomic E-state index is 0.439. The molecule has 0 saturated heterocycles. The molecule has 0 unspecified atom stereocenters. The van der Waals surface area contributed by atoms with Gasteiger partial charge in [0, 0.05) is 29.5 Å². The molecule has 0 aliphatic carbocycles.